The summed E-state index contributed by atoms with van der Waals surface area (Å²) in [6.07, 6.45) is 3.81. The molecule has 2 saturated heterocycles. The SMILES string of the molecule is CN=C(NCC1CCCN1CCOC)N1CCC(CSc2ccccc2)C1. The average molecular weight is 391 g/mol. The lowest BCUT2D eigenvalue weighted by Crippen LogP contribution is -2.46. The van der Waals surface area contributed by atoms with Gasteiger partial charge in [-0.3, -0.25) is 9.89 Å². The van der Waals surface area contributed by atoms with Crippen LogP contribution in [0.5, 0.6) is 0 Å². The summed E-state index contributed by atoms with van der Waals surface area (Å²) < 4.78 is 5.25. The van der Waals surface area contributed by atoms with E-state index in [9.17, 15) is 0 Å². The number of aliphatic imine (C=N–C) groups is 1. The number of rotatable bonds is 8. The summed E-state index contributed by atoms with van der Waals surface area (Å²) >= 11 is 1.98. The van der Waals surface area contributed by atoms with Gasteiger partial charge in [0.05, 0.1) is 6.61 Å². The largest absolute Gasteiger partial charge is 0.383 e. The van der Waals surface area contributed by atoms with Gasteiger partial charge in [0.2, 0.25) is 0 Å². The van der Waals surface area contributed by atoms with E-state index in [1.807, 2.05) is 18.8 Å². The van der Waals surface area contributed by atoms with E-state index in [2.05, 4.69) is 50.4 Å². The molecule has 0 aromatic heterocycles. The fourth-order valence-electron chi connectivity index (χ4n) is 4.06. The van der Waals surface area contributed by atoms with Crippen LogP contribution in [0, 0.1) is 5.92 Å². The maximum Gasteiger partial charge on any atom is 0.193 e. The topological polar surface area (TPSA) is 40.1 Å². The summed E-state index contributed by atoms with van der Waals surface area (Å²) in [5, 5.41) is 3.64. The van der Waals surface area contributed by atoms with E-state index in [-0.39, 0.29) is 0 Å². The molecule has 2 atom stereocenters. The van der Waals surface area contributed by atoms with E-state index in [0.717, 1.165) is 44.7 Å². The number of benzene rings is 1. The van der Waals surface area contributed by atoms with Crippen LogP contribution in [0.4, 0.5) is 0 Å². The van der Waals surface area contributed by atoms with Crippen LogP contribution < -0.4 is 5.32 Å². The molecule has 2 heterocycles. The number of nitrogens with one attached hydrogen (secondary N) is 1. The predicted octanol–water partition coefficient (Wildman–Crippen LogP) is 2.79. The van der Waals surface area contributed by atoms with Crippen molar-refractivity contribution in [1.82, 2.24) is 15.1 Å². The lowest BCUT2D eigenvalue weighted by molar-refractivity contribution is 0.141. The Bertz CT molecular complexity index is 583. The maximum absolute atomic E-state index is 5.25. The molecule has 1 aromatic carbocycles. The minimum Gasteiger partial charge on any atom is -0.383 e. The third-order valence-electron chi connectivity index (χ3n) is 5.60. The number of methoxy groups -OCH3 is 1. The lowest BCUT2D eigenvalue weighted by Gasteiger charge is -2.27. The summed E-state index contributed by atoms with van der Waals surface area (Å²) in [7, 11) is 3.69. The van der Waals surface area contributed by atoms with Gasteiger partial charge in [0.1, 0.15) is 0 Å². The summed E-state index contributed by atoms with van der Waals surface area (Å²) in [5.41, 5.74) is 0. The molecule has 1 aromatic rings. The highest BCUT2D eigenvalue weighted by molar-refractivity contribution is 7.99. The van der Waals surface area contributed by atoms with Gasteiger partial charge in [-0.25, -0.2) is 0 Å². The van der Waals surface area contributed by atoms with E-state index >= 15 is 0 Å². The molecule has 2 aliphatic rings. The Hall–Kier alpha value is -1.24. The maximum atomic E-state index is 5.25. The Morgan fingerprint density at radius 1 is 1.26 bits per heavy atom. The molecule has 27 heavy (non-hydrogen) atoms. The molecule has 1 N–H and O–H groups in total. The Balaban J connectivity index is 1.42. The second-order valence-corrected chi connectivity index (χ2v) is 8.57. The van der Waals surface area contributed by atoms with Crippen molar-refractivity contribution in [3.63, 3.8) is 0 Å². The van der Waals surface area contributed by atoms with E-state index in [1.54, 1.807) is 7.11 Å². The van der Waals surface area contributed by atoms with Crippen molar-refractivity contribution in [3.8, 4) is 0 Å². The minimum absolute atomic E-state index is 0.601. The molecule has 2 unspecified atom stereocenters. The molecule has 150 valence electrons. The number of guanidine groups is 1. The Labute approximate surface area is 168 Å². The number of hydrogen-bond acceptors (Lipinski definition) is 4. The van der Waals surface area contributed by atoms with Crippen molar-refractivity contribution < 1.29 is 4.74 Å². The summed E-state index contributed by atoms with van der Waals surface area (Å²) in [4.78, 5) is 10.9. The smallest absolute Gasteiger partial charge is 0.193 e. The van der Waals surface area contributed by atoms with E-state index < -0.39 is 0 Å². The molecule has 6 heteroatoms. The molecular weight excluding hydrogens is 356 g/mol. The molecule has 3 rings (SSSR count). The van der Waals surface area contributed by atoms with Crippen LogP contribution in [-0.2, 0) is 4.74 Å². The third-order valence-corrected chi connectivity index (χ3v) is 6.85. The number of ether oxygens (including phenoxy) is 1. The second-order valence-electron chi connectivity index (χ2n) is 7.48. The zero-order valence-electron chi connectivity index (χ0n) is 16.8. The lowest BCUT2D eigenvalue weighted by atomic mass is 10.2. The van der Waals surface area contributed by atoms with E-state index in [4.69, 9.17) is 4.74 Å². The zero-order valence-corrected chi connectivity index (χ0v) is 17.6. The average Bonchev–Trinajstić information content (AvgIpc) is 3.36. The van der Waals surface area contributed by atoms with Gasteiger partial charge in [0, 0.05) is 57.0 Å². The minimum atomic E-state index is 0.601. The summed E-state index contributed by atoms with van der Waals surface area (Å²) in [6, 6.07) is 11.3. The molecule has 2 fully saturated rings. The Morgan fingerprint density at radius 2 is 2.11 bits per heavy atom. The van der Waals surface area contributed by atoms with Gasteiger partial charge in [0.15, 0.2) is 5.96 Å². The fourth-order valence-corrected chi connectivity index (χ4v) is 5.11. The van der Waals surface area contributed by atoms with Crippen LogP contribution in [0.15, 0.2) is 40.2 Å². The van der Waals surface area contributed by atoms with Gasteiger partial charge in [-0.05, 0) is 43.9 Å². The van der Waals surface area contributed by atoms with Crippen LogP contribution in [0.3, 0.4) is 0 Å². The molecule has 0 bridgehead atoms. The van der Waals surface area contributed by atoms with Crippen LogP contribution >= 0.6 is 11.8 Å². The van der Waals surface area contributed by atoms with Crippen molar-refractivity contribution >= 4 is 17.7 Å². The standard InChI is InChI=1S/C21H34N4OS/c1-22-21(23-15-19-7-6-11-24(19)13-14-26-2)25-12-10-18(16-25)17-27-20-8-4-3-5-9-20/h3-5,8-9,18-19H,6-7,10-17H2,1-2H3,(H,22,23). The molecule has 0 radical (unpaired) electrons. The Kier molecular flexibility index (Phi) is 8.30. The van der Waals surface area contributed by atoms with Crippen LogP contribution in [0.25, 0.3) is 0 Å². The molecular formula is C21H34N4OS. The first-order valence-corrected chi connectivity index (χ1v) is 11.1. The van der Waals surface area contributed by atoms with Gasteiger partial charge < -0.3 is 15.0 Å². The molecule has 0 saturated carbocycles. The molecule has 5 nitrogen and oxygen atoms in total. The highest BCUT2D eigenvalue weighted by Gasteiger charge is 2.27. The molecule has 0 spiro atoms. The van der Waals surface area contributed by atoms with Crippen molar-refractivity contribution in [2.75, 3.05) is 59.2 Å². The Morgan fingerprint density at radius 3 is 2.89 bits per heavy atom. The van der Waals surface area contributed by atoms with Gasteiger partial charge >= 0.3 is 0 Å². The number of nitrogens with zero attached hydrogens (tertiary/aromatic N) is 3. The van der Waals surface area contributed by atoms with Crippen LogP contribution in [0.2, 0.25) is 0 Å². The quantitative estimate of drug-likeness (QED) is 0.420. The monoisotopic (exact) mass is 390 g/mol. The van der Waals surface area contributed by atoms with Crippen LogP contribution in [0.1, 0.15) is 19.3 Å². The van der Waals surface area contributed by atoms with Gasteiger partial charge in [-0.1, -0.05) is 18.2 Å². The first kappa shape index (κ1) is 20.5. The second kappa shape index (κ2) is 10.9. The number of thioether (sulfide) groups is 1. The van der Waals surface area contributed by atoms with E-state index in [0.29, 0.717) is 6.04 Å². The zero-order chi connectivity index (χ0) is 18.9. The first-order valence-electron chi connectivity index (χ1n) is 10.2. The van der Waals surface area contributed by atoms with Crippen molar-refractivity contribution in [2.45, 2.75) is 30.2 Å². The van der Waals surface area contributed by atoms with Crippen LogP contribution in [-0.4, -0.2) is 81.0 Å². The van der Waals surface area contributed by atoms with Crippen molar-refractivity contribution in [3.05, 3.63) is 30.3 Å². The van der Waals surface area contributed by atoms with Crippen molar-refractivity contribution in [2.24, 2.45) is 10.9 Å². The van der Waals surface area contributed by atoms with Gasteiger partial charge in [-0.15, -0.1) is 11.8 Å². The van der Waals surface area contributed by atoms with Crippen molar-refractivity contribution in [1.29, 1.82) is 0 Å². The normalized spacial score (nSPS) is 23.9. The molecule has 2 aliphatic heterocycles. The highest BCUT2D eigenvalue weighted by atomic mass is 32.2. The molecule has 0 aliphatic carbocycles. The number of hydrogen-bond donors (Lipinski definition) is 1. The number of likely N-dealkylation sites (tertiary alicyclic amines) is 2. The van der Waals surface area contributed by atoms with Gasteiger partial charge in [0.25, 0.3) is 0 Å². The predicted molar refractivity (Wildman–Crippen MR) is 115 cm³/mol. The summed E-state index contributed by atoms with van der Waals surface area (Å²) in [6.45, 7) is 6.24. The fraction of sp³-hybridized carbons (Fsp3) is 0.667. The summed E-state index contributed by atoms with van der Waals surface area (Å²) in [5.74, 6) is 2.99. The third kappa shape index (κ3) is 6.13. The first-order chi connectivity index (χ1) is 13.3. The molecule has 0 amide bonds. The van der Waals surface area contributed by atoms with E-state index in [1.165, 1.54) is 36.5 Å². The van der Waals surface area contributed by atoms with Gasteiger partial charge in [-0.2, -0.15) is 0 Å². The highest BCUT2D eigenvalue weighted by Crippen LogP contribution is 2.26.